The molecule has 4 atom stereocenters. The Balaban J connectivity index is 1.67. The van der Waals surface area contributed by atoms with Gasteiger partial charge in [0.1, 0.15) is 35.2 Å². The first kappa shape index (κ1) is 22.5. The van der Waals surface area contributed by atoms with Gasteiger partial charge in [-0.25, -0.2) is 4.98 Å². The minimum Gasteiger partial charge on any atom is -0.414 e. The summed E-state index contributed by atoms with van der Waals surface area (Å²) < 4.78 is 27.3. The summed E-state index contributed by atoms with van der Waals surface area (Å²) in [5.41, 5.74) is 1.47. The Morgan fingerprint density at radius 3 is 2.50 bits per heavy atom. The van der Waals surface area contributed by atoms with Gasteiger partial charge in [0.15, 0.2) is 14.1 Å². The molecule has 0 unspecified atom stereocenters. The Bertz CT molecular complexity index is 956. The van der Waals surface area contributed by atoms with Crippen molar-refractivity contribution in [1.82, 2.24) is 9.38 Å². The Morgan fingerprint density at radius 1 is 1.17 bits per heavy atom. The van der Waals surface area contributed by atoms with E-state index in [2.05, 4.69) is 38.8 Å². The third kappa shape index (κ3) is 3.94. The number of aromatic nitrogens is 2. The molecular formula is C21H30Cl2N2O4Si. The van der Waals surface area contributed by atoms with Crippen LogP contribution in [0.25, 0.3) is 5.65 Å². The standard InChI is InChI=1S/C21H30Cl2N2O4Si/c1-20(2,3)30(6,7)26-11-13-17-19(29-21(4,5)28-17)18(27-13)16-12(22)8-9-15-24-14(23)10-25(15)16/h8-10,13,17-19H,11H2,1-7H3/t13-,17-,18+,19-/m1/s1. The molecular weight excluding hydrogens is 443 g/mol. The molecule has 2 fully saturated rings. The van der Waals surface area contributed by atoms with Gasteiger partial charge in [-0.15, -0.1) is 0 Å². The van der Waals surface area contributed by atoms with Crippen LogP contribution in [0.15, 0.2) is 18.3 Å². The molecule has 2 saturated heterocycles. The van der Waals surface area contributed by atoms with E-state index in [1.54, 1.807) is 6.20 Å². The van der Waals surface area contributed by atoms with Crippen molar-refractivity contribution < 1.29 is 18.6 Å². The van der Waals surface area contributed by atoms with Crippen LogP contribution < -0.4 is 0 Å². The van der Waals surface area contributed by atoms with Crippen LogP contribution in [0.3, 0.4) is 0 Å². The van der Waals surface area contributed by atoms with E-state index in [1.165, 1.54) is 0 Å². The van der Waals surface area contributed by atoms with E-state index in [1.807, 2.05) is 30.4 Å². The van der Waals surface area contributed by atoms with Crippen molar-refractivity contribution in [3.05, 3.63) is 34.2 Å². The van der Waals surface area contributed by atoms with Crippen molar-refractivity contribution in [2.75, 3.05) is 6.61 Å². The van der Waals surface area contributed by atoms with E-state index in [-0.39, 0.29) is 23.4 Å². The van der Waals surface area contributed by atoms with E-state index in [0.29, 0.717) is 22.4 Å². The molecule has 9 heteroatoms. The van der Waals surface area contributed by atoms with Gasteiger partial charge in [-0.3, -0.25) is 4.40 Å². The van der Waals surface area contributed by atoms with Crippen molar-refractivity contribution in [1.29, 1.82) is 0 Å². The zero-order chi connectivity index (χ0) is 22.1. The van der Waals surface area contributed by atoms with Gasteiger partial charge >= 0.3 is 0 Å². The summed E-state index contributed by atoms with van der Waals surface area (Å²) in [5.74, 6) is -0.709. The van der Waals surface area contributed by atoms with Gasteiger partial charge in [-0.1, -0.05) is 44.0 Å². The van der Waals surface area contributed by atoms with Crippen LogP contribution in [0.5, 0.6) is 0 Å². The molecule has 0 bridgehead atoms. The molecule has 4 heterocycles. The van der Waals surface area contributed by atoms with Crippen LogP contribution in [-0.2, 0) is 18.6 Å². The van der Waals surface area contributed by atoms with Crippen molar-refractivity contribution in [2.45, 2.75) is 83.0 Å². The highest BCUT2D eigenvalue weighted by Crippen LogP contribution is 2.47. The summed E-state index contributed by atoms with van der Waals surface area (Å²) in [7, 11) is -1.94. The van der Waals surface area contributed by atoms with Gasteiger partial charge in [0.05, 0.1) is 17.3 Å². The fraction of sp³-hybridized carbons (Fsp3) is 0.667. The maximum Gasteiger partial charge on any atom is 0.192 e. The van der Waals surface area contributed by atoms with E-state index in [9.17, 15) is 0 Å². The Hall–Kier alpha value is -0.673. The third-order valence-electron chi connectivity index (χ3n) is 6.42. The quantitative estimate of drug-likeness (QED) is 0.540. The summed E-state index contributed by atoms with van der Waals surface area (Å²) in [6, 6.07) is 3.65. The van der Waals surface area contributed by atoms with E-state index >= 15 is 0 Å². The topological polar surface area (TPSA) is 54.2 Å². The highest BCUT2D eigenvalue weighted by atomic mass is 35.5. The van der Waals surface area contributed by atoms with Gasteiger partial charge in [-0.2, -0.15) is 0 Å². The van der Waals surface area contributed by atoms with Gasteiger partial charge in [0.25, 0.3) is 0 Å². The maximum absolute atomic E-state index is 6.62. The van der Waals surface area contributed by atoms with Crippen molar-refractivity contribution in [3.63, 3.8) is 0 Å². The summed E-state index contributed by atoms with van der Waals surface area (Å²) in [5, 5.41) is 1.08. The molecule has 6 nitrogen and oxygen atoms in total. The number of rotatable bonds is 4. The molecule has 2 aromatic rings. The van der Waals surface area contributed by atoms with Crippen molar-refractivity contribution in [2.24, 2.45) is 0 Å². The zero-order valence-corrected chi connectivity index (χ0v) is 21.0. The Kier molecular flexibility index (Phi) is 5.58. The molecule has 0 radical (unpaired) electrons. The molecule has 4 rings (SSSR count). The van der Waals surface area contributed by atoms with Crippen LogP contribution in [0.1, 0.15) is 46.4 Å². The number of pyridine rings is 1. The van der Waals surface area contributed by atoms with Crippen LogP contribution in [-0.4, -0.2) is 48.4 Å². The second-order valence-corrected chi connectivity index (χ2v) is 15.7. The predicted octanol–water partition coefficient (Wildman–Crippen LogP) is 5.62. The molecule has 0 aliphatic carbocycles. The first-order chi connectivity index (χ1) is 13.8. The highest BCUT2D eigenvalue weighted by molar-refractivity contribution is 6.74. The van der Waals surface area contributed by atoms with Gasteiger partial charge < -0.3 is 18.6 Å². The lowest BCUT2D eigenvalue weighted by atomic mass is 10.1. The number of halogens is 2. The fourth-order valence-corrected chi connectivity index (χ4v) is 5.30. The number of imidazole rings is 1. The molecule has 0 amide bonds. The molecule has 0 saturated carbocycles. The molecule has 30 heavy (non-hydrogen) atoms. The normalized spacial score (nSPS) is 29.0. The second-order valence-electron chi connectivity index (χ2n) is 10.1. The smallest absolute Gasteiger partial charge is 0.192 e. The molecule has 166 valence electrons. The van der Waals surface area contributed by atoms with E-state index in [4.69, 9.17) is 41.8 Å². The van der Waals surface area contributed by atoms with E-state index < -0.39 is 20.2 Å². The summed E-state index contributed by atoms with van der Waals surface area (Å²) in [4.78, 5) is 4.34. The molecule has 0 N–H and O–H groups in total. The molecule has 2 aliphatic heterocycles. The van der Waals surface area contributed by atoms with Crippen molar-refractivity contribution in [3.8, 4) is 0 Å². The van der Waals surface area contributed by atoms with Crippen LogP contribution in [0, 0.1) is 0 Å². The lowest BCUT2D eigenvalue weighted by Crippen LogP contribution is -2.44. The lowest BCUT2D eigenvalue weighted by Gasteiger charge is -2.37. The van der Waals surface area contributed by atoms with Crippen LogP contribution >= 0.6 is 23.2 Å². The van der Waals surface area contributed by atoms with Gasteiger partial charge in [0, 0.05) is 6.20 Å². The summed E-state index contributed by atoms with van der Waals surface area (Å²) in [6.45, 7) is 15.4. The van der Waals surface area contributed by atoms with Gasteiger partial charge in [-0.05, 0) is 44.1 Å². The zero-order valence-electron chi connectivity index (χ0n) is 18.5. The summed E-state index contributed by atoms with van der Waals surface area (Å²) >= 11 is 12.8. The largest absolute Gasteiger partial charge is 0.414 e. The number of nitrogens with zero attached hydrogens (tertiary/aromatic N) is 2. The number of fused-ring (bicyclic) bond motifs is 2. The second kappa shape index (κ2) is 7.44. The number of hydrogen-bond donors (Lipinski definition) is 0. The average molecular weight is 473 g/mol. The minimum atomic E-state index is -1.94. The number of ether oxygens (including phenoxy) is 3. The van der Waals surface area contributed by atoms with E-state index in [0.717, 1.165) is 5.69 Å². The Labute approximate surface area is 188 Å². The Morgan fingerprint density at radius 2 is 1.83 bits per heavy atom. The van der Waals surface area contributed by atoms with Crippen LogP contribution in [0.4, 0.5) is 0 Å². The molecule has 2 aromatic heterocycles. The first-order valence-corrected chi connectivity index (χ1v) is 13.9. The number of hydrogen-bond acceptors (Lipinski definition) is 5. The molecule has 0 spiro atoms. The SMILES string of the molecule is CC1(C)O[C@@H]2[C@H](O1)[C@@H](CO[Si](C)(C)C(C)(C)C)O[C@H]2c1c(Cl)ccc2nc(Cl)cn12. The van der Waals surface area contributed by atoms with Crippen molar-refractivity contribution >= 4 is 37.2 Å². The minimum absolute atomic E-state index is 0.110. The predicted molar refractivity (Wildman–Crippen MR) is 120 cm³/mol. The monoisotopic (exact) mass is 472 g/mol. The van der Waals surface area contributed by atoms with Gasteiger partial charge in [0.2, 0.25) is 0 Å². The average Bonchev–Trinajstić information content (AvgIpc) is 3.22. The van der Waals surface area contributed by atoms with Crippen LogP contribution in [0.2, 0.25) is 28.3 Å². The molecule has 0 aromatic carbocycles. The lowest BCUT2D eigenvalue weighted by molar-refractivity contribution is -0.191. The highest BCUT2D eigenvalue weighted by Gasteiger charge is 2.57. The third-order valence-corrected chi connectivity index (χ3v) is 11.4. The maximum atomic E-state index is 6.62. The summed E-state index contributed by atoms with van der Waals surface area (Å²) in [6.07, 6.45) is 0.501. The first-order valence-electron chi connectivity index (χ1n) is 10.3. The fourth-order valence-electron chi connectivity index (χ4n) is 3.84. The molecule has 2 aliphatic rings.